The summed E-state index contributed by atoms with van der Waals surface area (Å²) in [5, 5.41) is 6.72. The second kappa shape index (κ2) is 17.3. The number of halogens is 1. The molecular weight excluding hydrogens is 694 g/mol. The lowest BCUT2D eigenvalue weighted by atomic mass is 10.0. The number of fused-ring (bicyclic) bond motifs is 1. The first-order chi connectivity index (χ1) is 25.7. The van der Waals surface area contributed by atoms with Gasteiger partial charge in [0.15, 0.2) is 11.5 Å². The number of aromatic nitrogens is 1. The van der Waals surface area contributed by atoms with Gasteiger partial charge in [-0.1, -0.05) is 78.3 Å². The molecule has 2 amide bonds. The number of nitrogens with two attached hydrogens (primary N) is 2. The predicted octanol–water partition coefficient (Wildman–Crippen LogP) is 4.70. The number of hydrogen-bond donors (Lipinski definition) is 4. The van der Waals surface area contributed by atoms with E-state index < -0.39 is 35.9 Å². The van der Waals surface area contributed by atoms with E-state index in [-0.39, 0.29) is 43.8 Å². The van der Waals surface area contributed by atoms with Crippen molar-refractivity contribution in [1.29, 1.82) is 0 Å². The smallest absolute Gasteiger partial charge is 0.266 e. The second-order valence-electron chi connectivity index (χ2n) is 13.0. The molecule has 0 bridgehead atoms. The van der Waals surface area contributed by atoms with Crippen LogP contribution in [0.15, 0.2) is 113 Å². The Morgan fingerprint density at radius 2 is 1.68 bits per heavy atom. The van der Waals surface area contributed by atoms with E-state index in [1.54, 1.807) is 72.6 Å². The Balaban J connectivity index is 1.26. The van der Waals surface area contributed by atoms with Crippen LogP contribution in [-0.2, 0) is 33.8 Å². The lowest BCUT2D eigenvalue weighted by molar-refractivity contribution is -0.140. The lowest BCUT2D eigenvalue weighted by Crippen LogP contribution is -2.54. The number of hydrogen-bond acceptors (Lipinski definition) is 8. The number of ether oxygens (including phenoxy) is 1. The molecule has 2 heterocycles. The molecular formula is C40H42ClN7O5. The summed E-state index contributed by atoms with van der Waals surface area (Å²) in [5.74, 6) is -1.51. The number of nitrogens with one attached hydrogen (secondary N) is 2. The van der Waals surface area contributed by atoms with Crippen LogP contribution in [0.2, 0.25) is 5.02 Å². The normalized spacial score (nSPS) is 16.6. The Bertz CT molecular complexity index is 2030. The number of guanidine groups is 1. The van der Waals surface area contributed by atoms with Crippen LogP contribution in [0.4, 0.5) is 5.69 Å². The molecule has 1 aromatic heterocycles. The Morgan fingerprint density at radius 1 is 0.943 bits per heavy atom. The third-order valence-corrected chi connectivity index (χ3v) is 9.46. The Hall–Kier alpha value is -5.56. The molecule has 6 N–H and O–H groups in total. The van der Waals surface area contributed by atoms with E-state index in [2.05, 4.69) is 20.6 Å². The lowest BCUT2D eigenvalue weighted by Gasteiger charge is -2.29. The zero-order chi connectivity index (χ0) is 37.3. The van der Waals surface area contributed by atoms with Crippen molar-refractivity contribution in [1.82, 2.24) is 20.5 Å². The number of carbonyl (C=O) groups is 3. The molecule has 13 heteroatoms. The fourth-order valence-corrected chi connectivity index (χ4v) is 6.62. The molecule has 1 saturated heterocycles. The SMILES string of the molecule is CN[C@H](CCc1ccccc1)C(=O)N1C[C@H](OCc2ccc(Cl)cc2)C[C@H]1C(=O)N[C@@H](Cc1cccc(N=C(N)N)c1)C(=O)c1nc2ccccc2o1. The van der Waals surface area contributed by atoms with E-state index in [1.165, 1.54) is 0 Å². The van der Waals surface area contributed by atoms with E-state index in [9.17, 15) is 14.4 Å². The van der Waals surface area contributed by atoms with Gasteiger partial charge in [-0.25, -0.2) is 9.98 Å². The Kier molecular flexibility index (Phi) is 12.1. The number of nitrogens with zero attached hydrogens (tertiary/aromatic N) is 3. The highest BCUT2D eigenvalue weighted by molar-refractivity contribution is 6.30. The molecule has 0 saturated carbocycles. The van der Waals surface area contributed by atoms with Crippen LogP contribution < -0.4 is 22.1 Å². The van der Waals surface area contributed by atoms with E-state index >= 15 is 0 Å². The minimum atomic E-state index is -1.10. The van der Waals surface area contributed by atoms with Crippen molar-refractivity contribution in [2.24, 2.45) is 16.5 Å². The molecule has 0 radical (unpaired) electrons. The molecule has 5 aromatic rings. The predicted molar refractivity (Wildman–Crippen MR) is 204 cm³/mol. The number of rotatable bonds is 15. The van der Waals surface area contributed by atoms with Crippen molar-refractivity contribution in [3.8, 4) is 0 Å². The molecule has 0 spiro atoms. The fraction of sp³-hybridized carbons (Fsp3) is 0.275. The van der Waals surface area contributed by atoms with Gasteiger partial charge in [0.2, 0.25) is 17.6 Å². The van der Waals surface area contributed by atoms with Gasteiger partial charge in [0.1, 0.15) is 17.6 Å². The van der Waals surface area contributed by atoms with Crippen LogP contribution >= 0.6 is 11.6 Å². The van der Waals surface area contributed by atoms with Gasteiger partial charge in [-0.2, -0.15) is 0 Å². The average molecular weight is 736 g/mol. The monoisotopic (exact) mass is 735 g/mol. The molecule has 1 aliphatic heterocycles. The van der Waals surface area contributed by atoms with Crippen LogP contribution in [0.1, 0.15) is 40.2 Å². The first-order valence-corrected chi connectivity index (χ1v) is 17.8. The van der Waals surface area contributed by atoms with Crippen LogP contribution in [-0.4, -0.2) is 71.3 Å². The summed E-state index contributed by atoms with van der Waals surface area (Å²) < 4.78 is 12.1. The third-order valence-electron chi connectivity index (χ3n) is 9.20. The summed E-state index contributed by atoms with van der Waals surface area (Å²) in [6.45, 7) is 0.463. The summed E-state index contributed by atoms with van der Waals surface area (Å²) in [5.41, 5.74) is 15.3. The van der Waals surface area contributed by atoms with Crippen LogP contribution in [0.3, 0.4) is 0 Å². The number of aryl methyl sites for hydroxylation is 1. The Labute approximate surface area is 312 Å². The highest BCUT2D eigenvalue weighted by Crippen LogP contribution is 2.26. The van der Waals surface area contributed by atoms with Crippen molar-refractivity contribution < 1.29 is 23.5 Å². The van der Waals surface area contributed by atoms with Gasteiger partial charge < -0.3 is 36.2 Å². The van der Waals surface area contributed by atoms with Gasteiger partial charge in [-0.05, 0) is 73.0 Å². The van der Waals surface area contributed by atoms with Crippen molar-refractivity contribution in [3.05, 3.63) is 131 Å². The minimum absolute atomic E-state index is 0.0739. The first kappa shape index (κ1) is 37.2. The Morgan fingerprint density at radius 3 is 2.42 bits per heavy atom. The quantitative estimate of drug-likeness (QED) is 0.0674. The number of carbonyl (C=O) groups excluding carboxylic acids is 3. The van der Waals surface area contributed by atoms with Gasteiger partial charge in [0.25, 0.3) is 5.89 Å². The van der Waals surface area contributed by atoms with Gasteiger partial charge in [-0.15, -0.1) is 0 Å². The summed E-state index contributed by atoms with van der Waals surface area (Å²) >= 11 is 6.07. The summed E-state index contributed by atoms with van der Waals surface area (Å²) in [7, 11) is 1.73. The number of benzene rings is 4. The van der Waals surface area contributed by atoms with Gasteiger partial charge in [0.05, 0.1) is 24.4 Å². The van der Waals surface area contributed by atoms with Crippen molar-refractivity contribution in [2.45, 2.75) is 56.5 Å². The molecule has 4 aromatic carbocycles. The van der Waals surface area contributed by atoms with Gasteiger partial charge in [0, 0.05) is 24.4 Å². The molecule has 274 valence electrons. The van der Waals surface area contributed by atoms with E-state index in [4.69, 9.17) is 32.2 Å². The van der Waals surface area contributed by atoms with Crippen molar-refractivity contribution in [3.63, 3.8) is 0 Å². The van der Waals surface area contributed by atoms with E-state index in [0.717, 1.165) is 11.1 Å². The number of Topliss-reactive ketones (excluding diaryl/α,β-unsaturated/α-hetero) is 1. The first-order valence-electron chi connectivity index (χ1n) is 17.4. The summed E-state index contributed by atoms with van der Waals surface area (Å²) in [4.78, 5) is 52.8. The number of para-hydroxylation sites is 2. The van der Waals surface area contributed by atoms with Crippen LogP contribution in [0.25, 0.3) is 11.1 Å². The largest absolute Gasteiger partial charge is 0.434 e. The molecule has 0 aliphatic carbocycles. The summed E-state index contributed by atoms with van der Waals surface area (Å²) in [6, 6.07) is 28.7. The number of ketones is 1. The maximum Gasteiger partial charge on any atom is 0.266 e. The standard InChI is InChI=1S/C40H42ClN7O5/c1-44-32(19-16-25-8-3-2-4-9-25)39(51)48-23-30(52-24-26-14-17-28(41)18-15-26)22-34(48)37(50)46-33(21-27-10-7-11-29(20-27)45-40(42)43)36(49)38-47-31-12-5-6-13-35(31)53-38/h2-15,17-18,20,30,32-34,44H,16,19,21-24H2,1H3,(H,46,50)(H4,42,43,45)/t30-,32-,33+,34+/m1/s1. The number of aliphatic imine (C=N–C) groups is 1. The van der Waals surface area contributed by atoms with Crippen molar-refractivity contribution >= 4 is 51.9 Å². The third kappa shape index (κ3) is 9.66. The molecule has 53 heavy (non-hydrogen) atoms. The van der Waals surface area contributed by atoms with E-state index in [1.807, 2.05) is 42.5 Å². The molecule has 6 rings (SSSR count). The summed E-state index contributed by atoms with van der Waals surface area (Å²) in [6.07, 6.45) is 1.04. The molecule has 4 atom stereocenters. The molecule has 12 nitrogen and oxygen atoms in total. The van der Waals surface area contributed by atoms with Crippen LogP contribution in [0.5, 0.6) is 0 Å². The van der Waals surface area contributed by atoms with Gasteiger partial charge in [-0.3, -0.25) is 14.4 Å². The zero-order valence-corrected chi connectivity index (χ0v) is 30.0. The number of oxazole rings is 1. The number of likely N-dealkylation sites (tertiary alicyclic amines) is 1. The topological polar surface area (TPSA) is 178 Å². The number of amides is 2. The highest BCUT2D eigenvalue weighted by Gasteiger charge is 2.43. The second-order valence-corrected chi connectivity index (χ2v) is 13.4. The molecule has 0 unspecified atom stereocenters. The molecule has 1 aliphatic rings. The van der Waals surface area contributed by atoms with Crippen LogP contribution in [0, 0.1) is 0 Å². The fourth-order valence-electron chi connectivity index (χ4n) is 6.49. The zero-order valence-electron chi connectivity index (χ0n) is 29.3. The number of likely N-dealkylation sites (N-methyl/N-ethyl adjacent to an activating group) is 1. The van der Waals surface area contributed by atoms with Gasteiger partial charge >= 0.3 is 0 Å². The maximum absolute atomic E-state index is 14.4. The van der Waals surface area contributed by atoms with Crippen molar-refractivity contribution in [2.75, 3.05) is 13.6 Å². The van der Waals surface area contributed by atoms with E-state index in [0.29, 0.717) is 40.2 Å². The minimum Gasteiger partial charge on any atom is -0.434 e. The maximum atomic E-state index is 14.4. The molecule has 1 fully saturated rings. The highest BCUT2D eigenvalue weighted by atomic mass is 35.5. The average Bonchev–Trinajstić information content (AvgIpc) is 3.80.